The summed E-state index contributed by atoms with van der Waals surface area (Å²) >= 11 is 2.15. The predicted octanol–water partition coefficient (Wildman–Crippen LogP) is 2.22. The molecule has 1 aliphatic rings. The molecule has 0 saturated carbocycles. The molecule has 4 nitrogen and oxygen atoms in total. The Bertz CT molecular complexity index is 183. The van der Waals surface area contributed by atoms with E-state index in [2.05, 4.69) is 22.6 Å². The van der Waals surface area contributed by atoms with Crippen LogP contribution in [-0.2, 0) is 4.74 Å². The number of amides is 1. The van der Waals surface area contributed by atoms with Gasteiger partial charge in [-0.1, -0.05) is 22.6 Å². The average Bonchev–Trinajstić information content (AvgIpc) is 2.32. The summed E-state index contributed by atoms with van der Waals surface area (Å²) in [6, 6.07) is 0. The van der Waals surface area contributed by atoms with Gasteiger partial charge in [0.1, 0.15) is 6.61 Å². The van der Waals surface area contributed by atoms with Crippen LogP contribution in [0.3, 0.4) is 0 Å². The number of likely N-dealkylation sites (tertiary alicyclic amines) is 1. The van der Waals surface area contributed by atoms with Crippen LogP contribution in [-0.4, -0.2) is 61.2 Å². The summed E-state index contributed by atoms with van der Waals surface area (Å²) in [5, 5.41) is 0. The number of hydrogen-bond acceptors (Lipinski definition) is 3. The smallest absolute Gasteiger partial charge is 0.409 e. The van der Waals surface area contributed by atoms with Crippen molar-refractivity contribution in [2.45, 2.75) is 19.3 Å². The van der Waals surface area contributed by atoms with Crippen LogP contribution in [0.25, 0.3) is 0 Å². The van der Waals surface area contributed by atoms with Gasteiger partial charge in [-0.25, -0.2) is 4.79 Å². The molecule has 5 heteroatoms. The molecule has 0 aromatic rings. The first kappa shape index (κ1) is 16.0. The van der Waals surface area contributed by atoms with Crippen molar-refractivity contribution in [3.8, 4) is 0 Å². The molecule has 1 heterocycles. The molecule has 1 aliphatic heterocycles. The molecular formula is C11H23IN2O2. The average molecular weight is 342 g/mol. The molecule has 1 amide bonds. The van der Waals surface area contributed by atoms with E-state index in [-0.39, 0.29) is 6.09 Å². The number of likely N-dealkylation sites (N-methyl/N-ethyl adjacent to an activating group) is 1. The lowest BCUT2D eigenvalue weighted by Crippen LogP contribution is -2.37. The van der Waals surface area contributed by atoms with Gasteiger partial charge in [0, 0.05) is 19.6 Å². The van der Waals surface area contributed by atoms with E-state index in [4.69, 9.17) is 4.74 Å². The van der Waals surface area contributed by atoms with Gasteiger partial charge in [0.2, 0.25) is 0 Å². The number of piperidine rings is 1. The van der Waals surface area contributed by atoms with E-state index in [1.54, 1.807) is 4.90 Å². The third kappa shape index (κ3) is 7.27. The Morgan fingerprint density at radius 1 is 1.25 bits per heavy atom. The lowest BCUT2D eigenvalue weighted by molar-refractivity contribution is 0.0895. The van der Waals surface area contributed by atoms with Crippen molar-refractivity contribution in [1.82, 2.24) is 9.80 Å². The molecule has 0 unspecified atom stereocenters. The highest BCUT2D eigenvalue weighted by atomic mass is 127. The minimum absolute atomic E-state index is 0.147. The first-order valence-electron chi connectivity index (χ1n) is 5.64. The molecule has 96 valence electrons. The minimum atomic E-state index is -0.147. The van der Waals surface area contributed by atoms with E-state index in [0.717, 1.165) is 32.5 Å². The van der Waals surface area contributed by atoms with Crippen molar-refractivity contribution in [3.05, 3.63) is 0 Å². The third-order valence-electron chi connectivity index (χ3n) is 2.38. The van der Waals surface area contributed by atoms with Crippen molar-refractivity contribution < 1.29 is 9.53 Å². The SMILES string of the molecule is CI.CN(C)CCOC(=O)N1CCCCC1. The number of rotatable bonds is 3. The van der Waals surface area contributed by atoms with E-state index in [1.807, 2.05) is 23.9 Å². The summed E-state index contributed by atoms with van der Waals surface area (Å²) < 4.78 is 5.14. The topological polar surface area (TPSA) is 32.8 Å². The van der Waals surface area contributed by atoms with Crippen LogP contribution in [0.15, 0.2) is 0 Å². The number of halogens is 1. The summed E-state index contributed by atoms with van der Waals surface area (Å²) in [5.41, 5.74) is 0. The second-order valence-electron chi connectivity index (χ2n) is 3.97. The number of alkyl halides is 1. The van der Waals surface area contributed by atoms with Crippen molar-refractivity contribution in [1.29, 1.82) is 0 Å². The largest absolute Gasteiger partial charge is 0.448 e. The molecule has 0 aromatic carbocycles. The summed E-state index contributed by atoms with van der Waals surface area (Å²) in [6.45, 7) is 3.00. The van der Waals surface area contributed by atoms with Crippen molar-refractivity contribution in [2.75, 3.05) is 45.3 Å². The third-order valence-corrected chi connectivity index (χ3v) is 2.38. The monoisotopic (exact) mass is 342 g/mol. The molecule has 16 heavy (non-hydrogen) atoms. The molecule has 0 N–H and O–H groups in total. The predicted molar refractivity (Wildman–Crippen MR) is 75.3 cm³/mol. The first-order chi connectivity index (χ1) is 7.70. The second-order valence-corrected chi connectivity index (χ2v) is 3.97. The molecule has 0 spiro atoms. The van der Waals surface area contributed by atoms with Crippen LogP contribution in [0.1, 0.15) is 19.3 Å². The van der Waals surface area contributed by atoms with E-state index in [1.165, 1.54) is 6.42 Å². The van der Waals surface area contributed by atoms with Crippen LogP contribution in [0.5, 0.6) is 0 Å². The zero-order chi connectivity index (χ0) is 12.4. The number of hydrogen-bond donors (Lipinski definition) is 0. The van der Waals surface area contributed by atoms with Gasteiger partial charge in [-0.2, -0.15) is 0 Å². The van der Waals surface area contributed by atoms with Crippen LogP contribution < -0.4 is 0 Å². The lowest BCUT2D eigenvalue weighted by atomic mass is 10.1. The lowest BCUT2D eigenvalue weighted by Gasteiger charge is -2.26. The van der Waals surface area contributed by atoms with Gasteiger partial charge in [0.25, 0.3) is 0 Å². The maximum atomic E-state index is 11.5. The first-order valence-corrected chi connectivity index (χ1v) is 7.80. The van der Waals surface area contributed by atoms with Gasteiger partial charge in [0.05, 0.1) is 0 Å². The molecule has 0 bridgehead atoms. The zero-order valence-electron chi connectivity index (χ0n) is 10.5. The maximum Gasteiger partial charge on any atom is 0.409 e. The summed E-state index contributed by atoms with van der Waals surface area (Å²) in [7, 11) is 3.93. The molecule has 0 atom stereocenters. The molecule has 1 fully saturated rings. The Labute approximate surface area is 112 Å². The van der Waals surface area contributed by atoms with Crippen LogP contribution in [0.2, 0.25) is 0 Å². The highest BCUT2D eigenvalue weighted by Crippen LogP contribution is 2.09. The van der Waals surface area contributed by atoms with Crippen LogP contribution in [0, 0.1) is 0 Å². The van der Waals surface area contributed by atoms with Gasteiger partial charge in [-0.05, 0) is 38.3 Å². The number of carbonyl (C=O) groups is 1. The highest BCUT2D eigenvalue weighted by molar-refractivity contribution is 14.1. The van der Waals surface area contributed by atoms with Gasteiger partial charge in [-0.15, -0.1) is 0 Å². The second kappa shape index (κ2) is 10.1. The molecule has 1 rings (SSSR count). The summed E-state index contributed by atoms with van der Waals surface area (Å²) in [4.78, 5) is 17.2. The van der Waals surface area contributed by atoms with Crippen molar-refractivity contribution in [2.24, 2.45) is 0 Å². The Kier molecular flexibility index (Phi) is 10.1. The molecule has 1 saturated heterocycles. The summed E-state index contributed by atoms with van der Waals surface area (Å²) in [6.07, 6.45) is 3.32. The fourth-order valence-electron chi connectivity index (χ4n) is 1.48. The quantitative estimate of drug-likeness (QED) is 0.582. The van der Waals surface area contributed by atoms with E-state index in [9.17, 15) is 4.79 Å². The number of ether oxygens (including phenoxy) is 1. The Morgan fingerprint density at radius 3 is 2.31 bits per heavy atom. The van der Waals surface area contributed by atoms with Gasteiger partial charge in [0.15, 0.2) is 0 Å². The van der Waals surface area contributed by atoms with Gasteiger partial charge < -0.3 is 14.5 Å². The van der Waals surface area contributed by atoms with Crippen LogP contribution >= 0.6 is 22.6 Å². The normalized spacial score (nSPS) is 15.4. The molecule has 0 aliphatic carbocycles. The fourth-order valence-corrected chi connectivity index (χ4v) is 1.48. The fraction of sp³-hybridized carbons (Fsp3) is 0.909. The minimum Gasteiger partial charge on any atom is -0.448 e. The van der Waals surface area contributed by atoms with E-state index >= 15 is 0 Å². The van der Waals surface area contributed by atoms with Crippen molar-refractivity contribution >= 4 is 28.7 Å². The van der Waals surface area contributed by atoms with E-state index < -0.39 is 0 Å². The Morgan fingerprint density at radius 2 is 1.81 bits per heavy atom. The number of nitrogens with zero attached hydrogens (tertiary/aromatic N) is 2. The standard InChI is InChI=1S/C10H20N2O2.CH3I/c1-11(2)8-9-14-10(13)12-6-4-3-5-7-12;1-2/h3-9H2,1-2H3;1H3. The Balaban J connectivity index is 0.00000106. The van der Waals surface area contributed by atoms with E-state index in [0.29, 0.717) is 6.61 Å². The summed E-state index contributed by atoms with van der Waals surface area (Å²) in [5.74, 6) is 0. The van der Waals surface area contributed by atoms with Crippen LogP contribution in [0.4, 0.5) is 4.79 Å². The molecular weight excluding hydrogens is 319 g/mol. The number of carbonyl (C=O) groups excluding carboxylic acids is 1. The zero-order valence-corrected chi connectivity index (χ0v) is 12.7. The van der Waals surface area contributed by atoms with Gasteiger partial charge in [-0.3, -0.25) is 0 Å². The highest BCUT2D eigenvalue weighted by Gasteiger charge is 2.17. The molecule has 0 radical (unpaired) electrons. The van der Waals surface area contributed by atoms with Crippen molar-refractivity contribution in [3.63, 3.8) is 0 Å². The molecule has 0 aromatic heterocycles. The van der Waals surface area contributed by atoms with Gasteiger partial charge >= 0.3 is 6.09 Å². The Hall–Kier alpha value is -0.0400. The maximum absolute atomic E-state index is 11.5.